The Kier molecular flexibility index (Phi) is 6.16. The molecule has 154 valence electrons. The van der Waals surface area contributed by atoms with Gasteiger partial charge in [0.1, 0.15) is 0 Å². The normalized spacial score (nSPS) is 16.7. The van der Waals surface area contributed by atoms with Crippen LogP contribution in [-0.4, -0.2) is 26.7 Å². The van der Waals surface area contributed by atoms with E-state index in [1.54, 1.807) is 0 Å². The van der Waals surface area contributed by atoms with Crippen LogP contribution < -0.4 is 5.32 Å². The largest absolute Gasteiger partial charge is 0.351 e. The Balaban J connectivity index is 1.81. The van der Waals surface area contributed by atoms with Crippen LogP contribution >= 0.6 is 23.8 Å². The van der Waals surface area contributed by atoms with Gasteiger partial charge in [-0.05, 0) is 43.3 Å². The quantitative estimate of drug-likeness (QED) is 0.487. The number of aromatic nitrogens is 2. The van der Waals surface area contributed by atoms with Crippen LogP contribution in [0.3, 0.4) is 0 Å². The number of allylic oxidation sites excluding steroid dienone is 1. The molecule has 0 spiro atoms. The third-order valence-electron chi connectivity index (χ3n) is 5.20. The molecule has 7 heteroatoms. The van der Waals surface area contributed by atoms with Gasteiger partial charge in [-0.3, -0.25) is 0 Å². The monoisotopic (exact) mass is 438 g/mol. The van der Waals surface area contributed by atoms with Crippen LogP contribution in [0.15, 0.2) is 64.8 Å². The summed E-state index contributed by atoms with van der Waals surface area (Å²) in [6.45, 7) is 5.06. The van der Waals surface area contributed by atoms with Crippen molar-refractivity contribution < 1.29 is 4.52 Å². The predicted octanol–water partition coefficient (Wildman–Crippen LogP) is 5.85. The number of unbranched alkanes of at least 4 members (excludes halogenated alkanes) is 1. The molecule has 0 saturated carbocycles. The van der Waals surface area contributed by atoms with Gasteiger partial charge in [-0.2, -0.15) is 4.98 Å². The summed E-state index contributed by atoms with van der Waals surface area (Å²) in [4.78, 5) is 6.83. The van der Waals surface area contributed by atoms with Gasteiger partial charge in [-0.1, -0.05) is 72.6 Å². The van der Waals surface area contributed by atoms with Gasteiger partial charge < -0.3 is 14.7 Å². The van der Waals surface area contributed by atoms with Gasteiger partial charge in [-0.15, -0.1) is 0 Å². The summed E-state index contributed by atoms with van der Waals surface area (Å²) in [5, 5.41) is 9.04. The van der Waals surface area contributed by atoms with E-state index in [1.807, 2.05) is 54.6 Å². The van der Waals surface area contributed by atoms with E-state index in [9.17, 15) is 0 Å². The number of rotatable bonds is 6. The first kappa shape index (κ1) is 20.6. The minimum Gasteiger partial charge on any atom is -0.351 e. The van der Waals surface area contributed by atoms with Gasteiger partial charge in [0, 0.05) is 22.8 Å². The topological polar surface area (TPSA) is 54.2 Å². The van der Waals surface area contributed by atoms with E-state index in [4.69, 9.17) is 33.3 Å². The Morgan fingerprint density at radius 3 is 2.70 bits per heavy atom. The lowest BCUT2D eigenvalue weighted by atomic mass is 9.94. The van der Waals surface area contributed by atoms with Crippen molar-refractivity contribution in [3.05, 3.63) is 76.8 Å². The summed E-state index contributed by atoms with van der Waals surface area (Å²) in [5.74, 6) is 1.04. The van der Waals surface area contributed by atoms with Crippen molar-refractivity contribution in [3.8, 4) is 11.4 Å². The average molecular weight is 439 g/mol. The fourth-order valence-corrected chi connectivity index (χ4v) is 4.16. The zero-order valence-electron chi connectivity index (χ0n) is 16.9. The maximum atomic E-state index is 6.27. The van der Waals surface area contributed by atoms with Crippen LogP contribution in [-0.2, 0) is 0 Å². The fraction of sp³-hybridized carbons (Fsp3) is 0.261. The average Bonchev–Trinajstić information content (AvgIpc) is 3.23. The Bertz CT molecular complexity index is 1080. The summed E-state index contributed by atoms with van der Waals surface area (Å²) in [7, 11) is 0. The van der Waals surface area contributed by atoms with E-state index < -0.39 is 0 Å². The Morgan fingerprint density at radius 1 is 1.17 bits per heavy atom. The molecule has 0 aliphatic carbocycles. The lowest BCUT2D eigenvalue weighted by Gasteiger charge is -2.37. The zero-order valence-corrected chi connectivity index (χ0v) is 18.5. The lowest BCUT2D eigenvalue weighted by Crippen LogP contribution is -2.46. The number of thiocarbonyl (C=S) groups is 1. The molecule has 0 radical (unpaired) electrons. The molecule has 1 aromatic heterocycles. The highest BCUT2D eigenvalue weighted by molar-refractivity contribution is 7.80. The maximum Gasteiger partial charge on any atom is 0.258 e. The van der Waals surface area contributed by atoms with Gasteiger partial charge in [0.15, 0.2) is 5.11 Å². The zero-order chi connectivity index (χ0) is 21.1. The van der Waals surface area contributed by atoms with Crippen molar-refractivity contribution in [1.29, 1.82) is 0 Å². The summed E-state index contributed by atoms with van der Waals surface area (Å²) in [5.41, 5.74) is 3.83. The first-order chi connectivity index (χ1) is 14.6. The highest BCUT2D eigenvalue weighted by Crippen LogP contribution is 2.38. The first-order valence-electron chi connectivity index (χ1n) is 10.0. The van der Waals surface area contributed by atoms with Crippen molar-refractivity contribution >= 4 is 34.5 Å². The molecule has 1 N–H and O–H groups in total. The van der Waals surface area contributed by atoms with Crippen molar-refractivity contribution in [1.82, 2.24) is 20.4 Å². The second-order valence-corrected chi connectivity index (χ2v) is 8.05. The summed E-state index contributed by atoms with van der Waals surface area (Å²) >= 11 is 12.0. The van der Waals surface area contributed by atoms with E-state index in [0.717, 1.165) is 41.8 Å². The maximum absolute atomic E-state index is 6.27. The van der Waals surface area contributed by atoms with Crippen molar-refractivity contribution in [3.63, 3.8) is 0 Å². The molecule has 1 aliphatic rings. The minimum absolute atomic E-state index is 0.224. The molecule has 1 atom stereocenters. The molecule has 5 nitrogen and oxygen atoms in total. The standard InChI is InChI=1S/C23H23ClN4OS/c1-3-4-13-28-15(2)19(20(25-23(28)30)17-11-8-12-18(24)14-17)22-26-21(27-29-22)16-9-6-5-7-10-16/h5-12,14,20H,3-4,13H2,1-2H3,(H,25,30). The van der Waals surface area contributed by atoms with Crippen LogP contribution in [0, 0.1) is 0 Å². The van der Waals surface area contributed by atoms with Gasteiger partial charge >= 0.3 is 0 Å². The number of halogens is 1. The second kappa shape index (κ2) is 8.98. The van der Waals surface area contributed by atoms with Crippen molar-refractivity contribution in [2.75, 3.05) is 6.54 Å². The molecule has 0 saturated heterocycles. The molecule has 0 amide bonds. The Labute approximate surface area is 186 Å². The van der Waals surface area contributed by atoms with Crippen LogP contribution in [0.25, 0.3) is 17.0 Å². The van der Waals surface area contributed by atoms with E-state index >= 15 is 0 Å². The number of hydrogen-bond acceptors (Lipinski definition) is 4. The van der Waals surface area contributed by atoms with Crippen molar-refractivity contribution in [2.45, 2.75) is 32.7 Å². The molecular formula is C23H23ClN4OS. The minimum atomic E-state index is -0.224. The molecule has 2 aromatic carbocycles. The second-order valence-electron chi connectivity index (χ2n) is 7.23. The number of benzene rings is 2. The fourth-order valence-electron chi connectivity index (χ4n) is 3.62. The predicted molar refractivity (Wildman–Crippen MR) is 124 cm³/mol. The van der Waals surface area contributed by atoms with Crippen LogP contribution in [0.4, 0.5) is 0 Å². The smallest absolute Gasteiger partial charge is 0.258 e. The number of hydrogen-bond donors (Lipinski definition) is 1. The Morgan fingerprint density at radius 2 is 1.97 bits per heavy atom. The van der Waals surface area contributed by atoms with E-state index in [-0.39, 0.29) is 6.04 Å². The lowest BCUT2D eigenvalue weighted by molar-refractivity contribution is 0.395. The van der Waals surface area contributed by atoms with E-state index in [0.29, 0.717) is 21.9 Å². The third-order valence-corrected chi connectivity index (χ3v) is 5.78. The van der Waals surface area contributed by atoms with Crippen LogP contribution in [0.5, 0.6) is 0 Å². The highest BCUT2D eigenvalue weighted by Gasteiger charge is 2.33. The summed E-state index contributed by atoms with van der Waals surface area (Å²) in [6, 6.07) is 17.3. The van der Waals surface area contributed by atoms with Crippen LogP contribution in [0.1, 0.15) is 44.2 Å². The van der Waals surface area contributed by atoms with E-state index in [1.165, 1.54) is 0 Å². The van der Waals surface area contributed by atoms with Crippen molar-refractivity contribution in [2.24, 2.45) is 0 Å². The molecular weight excluding hydrogens is 416 g/mol. The number of nitrogens with zero attached hydrogens (tertiary/aromatic N) is 3. The Hall–Kier alpha value is -2.70. The van der Waals surface area contributed by atoms with E-state index in [2.05, 4.69) is 29.2 Å². The SMILES string of the molecule is CCCCN1C(=S)NC(c2cccc(Cl)c2)C(c2nc(-c3ccccc3)no2)=C1C. The molecule has 1 unspecified atom stereocenters. The molecule has 2 heterocycles. The molecule has 0 bridgehead atoms. The van der Waals surface area contributed by atoms with Gasteiger partial charge in [0.05, 0.1) is 11.6 Å². The summed E-state index contributed by atoms with van der Waals surface area (Å²) < 4.78 is 5.74. The van der Waals surface area contributed by atoms with Gasteiger partial charge in [0.2, 0.25) is 5.82 Å². The van der Waals surface area contributed by atoms with Gasteiger partial charge in [0.25, 0.3) is 5.89 Å². The molecule has 1 aliphatic heterocycles. The van der Waals surface area contributed by atoms with Gasteiger partial charge in [-0.25, -0.2) is 0 Å². The molecule has 4 rings (SSSR count). The number of nitrogens with one attached hydrogen (secondary N) is 1. The summed E-state index contributed by atoms with van der Waals surface area (Å²) in [6.07, 6.45) is 2.12. The van der Waals surface area contributed by atoms with Crippen LogP contribution in [0.2, 0.25) is 5.02 Å². The third kappa shape index (κ3) is 4.11. The molecule has 3 aromatic rings. The highest BCUT2D eigenvalue weighted by atomic mass is 35.5. The molecule has 30 heavy (non-hydrogen) atoms. The molecule has 0 fully saturated rings. The first-order valence-corrected chi connectivity index (χ1v) is 10.8.